The Morgan fingerprint density at radius 3 is 2.86 bits per heavy atom. The number of nitrogens with zero attached hydrogens (tertiary/aromatic N) is 3. The number of phenolic OH excluding ortho intramolecular Hbond substituents is 1. The van der Waals surface area contributed by atoms with Crippen molar-refractivity contribution in [2.45, 2.75) is 32.2 Å². The van der Waals surface area contributed by atoms with Crippen LogP contribution in [0.3, 0.4) is 0 Å². The molecular weight excluding hydrogens is 398 g/mol. The van der Waals surface area contributed by atoms with Crippen LogP contribution in [0.2, 0.25) is 5.15 Å². The Labute approximate surface area is 171 Å². The van der Waals surface area contributed by atoms with Gasteiger partial charge in [-0.15, -0.1) is 11.3 Å². The first-order chi connectivity index (χ1) is 13.3. The summed E-state index contributed by atoms with van der Waals surface area (Å²) in [4.78, 5) is 13.2. The van der Waals surface area contributed by atoms with Crippen LogP contribution in [0.25, 0.3) is 20.8 Å². The molecule has 7 nitrogen and oxygen atoms in total. The highest BCUT2D eigenvalue weighted by Gasteiger charge is 2.43. The Hall–Kier alpha value is -2.16. The molecule has 5 N–H and O–H groups in total. The number of fused-ring (bicyclic) bond motifs is 1. The molecule has 0 amide bonds. The smallest absolute Gasteiger partial charge is 0.223 e. The van der Waals surface area contributed by atoms with E-state index >= 15 is 0 Å². The molecular formula is C19H22ClN5O2S. The molecule has 3 aromatic rings. The SMILES string of the molecule is CC1C(CO)CCC1(C)Nc1nc(N)nc(Cl)c1-c1nc2ccc(O)cc2s1. The number of rotatable bonds is 4. The number of aromatic hydroxyl groups is 1. The van der Waals surface area contributed by atoms with Gasteiger partial charge < -0.3 is 21.3 Å². The lowest BCUT2D eigenvalue weighted by atomic mass is 9.86. The van der Waals surface area contributed by atoms with E-state index in [0.717, 1.165) is 23.1 Å². The Morgan fingerprint density at radius 2 is 2.14 bits per heavy atom. The van der Waals surface area contributed by atoms with Gasteiger partial charge in [-0.2, -0.15) is 4.98 Å². The molecule has 1 aliphatic rings. The molecule has 9 heteroatoms. The van der Waals surface area contributed by atoms with Crippen molar-refractivity contribution in [1.82, 2.24) is 15.0 Å². The molecule has 1 fully saturated rings. The summed E-state index contributed by atoms with van der Waals surface area (Å²) in [6, 6.07) is 5.03. The van der Waals surface area contributed by atoms with Crippen molar-refractivity contribution in [3.63, 3.8) is 0 Å². The van der Waals surface area contributed by atoms with E-state index in [0.29, 0.717) is 16.4 Å². The second-order valence-electron chi connectivity index (χ2n) is 7.58. The van der Waals surface area contributed by atoms with Crippen molar-refractivity contribution >= 4 is 44.9 Å². The average molecular weight is 420 g/mol. The standard InChI is InChI=1S/C19H22ClN5O2S/c1-9-10(8-26)5-6-19(9,2)25-16-14(15(20)23-18(21)24-16)17-22-12-4-3-11(27)7-13(12)28-17/h3-4,7,9-10,26-27H,5-6,8H2,1-2H3,(H3,21,23,24,25). The Kier molecular flexibility index (Phi) is 4.81. The zero-order valence-electron chi connectivity index (χ0n) is 15.6. The molecule has 4 rings (SSSR count). The number of halogens is 1. The molecule has 0 saturated heterocycles. The highest BCUT2D eigenvalue weighted by atomic mass is 35.5. The first kappa shape index (κ1) is 19.2. The van der Waals surface area contributed by atoms with E-state index in [2.05, 4.69) is 34.1 Å². The summed E-state index contributed by atoms with van der Waals surface area (Å²) in [5, 5.41) is 23.8. The average Bonchev–Trinajstić information content (AvgIpc) is 3.15. The lowest BCUT2D eigenvalue weighted by Crippen LogP contribution is -2.40. The second-order valence-corrected chi connectivity index (χ2v) is 8.97. The topological polar surface area (TPSA) is 117 Å². The van der Waals surface area contributed by atoms with Crippen LogP contribution in [0.1, 0.15) is 26.7 Å². The third-order valence-electron chi connectivity index (χ3n) is 5.85. The summed E-state index contributed by atoms with van der Waals surface area (Å²) < 4.78 is 0.842. The summed E-state index contributed by atoms with van der Waals surface area (Å²) in [6.45, 7) is 4.42. The number of phenols is 1. The number of anilines is 2. The van der Waals surface area contributed by atoms with Gasteiger partial charge in [0.15, 0.2) is 0 Å². The van der Waals surface area contributed by atoms with E-state index in [9.17, 15) is 10.2 Å². The molecule has 0 bridgehead atoms. The molecule has 2 heterocycles. The summed E-state index contributed by atoms with van der Waals surface area (Å²) in [6.07, 6.45) is 1.83. The van der Waals surface area contributed by atoms with Gasteiger partial charge in [-0.3, -0.25) is 0 Å². The van der Waals surface area contributed by atoms with Gasteiger partial charge in [-0.05, 0) is 49.8 Å². The maximum atomic E-state index is 9.74. The first-order valence-electron chi connectivity index (χ1n) is 9.12. The number of aromatic nitrogens is 3. The molecule has 148 valence electrons. The van der Waals surface area contributed by atoms with E-state index in [-0.39, 0.29) is 40.8 Å². The van der Waals surface area contributed by atoms with E-state index in [4.69, 9.17) is 17.3 Å². The summed E-state index contributed by atoms with van der Waals surface area (Å²) in [7, 11) is 0. The third-order valence-corrected chi connectivity index (χ3v) is 7.16. The highest BCUT2D eigenvalue weighted by Crippen LogP contribution is 2.45. The van der Waals surface area contributed by atoms with Crippen LogP contribution in [0, 0.1) is 11.8 Å². The van der Waals surface area contributed by atoms with Crippen LogP contribution >= 0.6 is 22.9 Å². The van der Waals surface area contributed by atoms with E-state index < -0.39 is 0 Å². The van der Waals surface area contributed by atoms with Crippen molar-refractivity contribution < 1.29 is 10.2 Å². The van der Waals surface area contributed by atoms with Crippen molar-refractivity contribution in [2.75, 3.05) is 17.7 Å². The number of nitrogens with one attached hydrogen (secondary N) is 1. The fraction of sp³-hybridized carbons (Fsp3) is 0.421. The van der Waals surface area contributed by atoms with Crippen molar-refractivity contribution in [3.05, 3.63) is 23.4 Å². The predicted molar refractivity (Wildman–Crippen MR) is 113 cm³/mol. The maximum absolute atomic E-state index is 9.74. The highest BCUT2D eigenvalue weighted by molar-refractivity contribution is 7.21. The first-order valence-corrected chi connectivity index (χ1v) is 10.3. The van der Waals surface area contributed by atoms with E-state index in [1.807, 2.05) is 0 Å². The Balaban J connectivity index is 1.80. The molecule has 1 aromatic carbocycles. The van der Waals surface area contributed by atoms with Crippen molar-refractivity contribution in [3.8, 4) is 16.3 Å². The van der Waals surface area contributed by atoms with Crippen LogP contribution in [0.4, 0.5) is 11.8 Å². The van der Waals surface area contributed by atoms with Crippen LogP contribution < -0.4 is 11.1 Å². The van der Waals surface area contributed by atoms with Crippen LogP contribution in [0.5, 0.6) is 5.75 Å². The van der Waals surface area contributed by atoms with Crippen LogP contribution in [-0.2, 0) is 0 Å². The lowest BCUT2D eigenvalue weighted by molar-refractivity contribution is 0.187. The van der Waals surface area contributed by atoms with Gasteiger partial charge in [-0.1, -0.05) is 18.5 Å². The van der Waals surface area contributed by atoms with Gasteiger partial charge >= 0.3 is 0 Å². The zero-order chi connectivity index (χ0) is 20.1. The fourth-order valence-electron chi connectivity index (χ4n) is 3.93. The molecule has 1 aliphatic carbocycles. The van der Waals surface area contributed by atoms with Gasteiger partial charge in [0.1, 0.15) is 21.7 Å². The van der Waals surface area contributed by atoms with E-state index in [1.54, 1.807) is 18.2 Å². The third kappa shape index (κ3) is 3.25. The number of hydrogen-bond donors (Lipinski definition) is 4. The number of thiazole rings is 1. The predicted octanol–water partition coefficient (Wildman–Crippen LogP) is 3.90. The molecule has 3 unspecified atom stereocenters. The normalized spacial score (nSPS) is 24.7. The molecule has 0 aliphatic heterocycles. The fourth-order valence-corrected chi connectivity index (χ4v) is 5.30. The van der Waals surface area contributed by atoms with E-state index in [1.165, 1.54) is 11.3 Å². The van der Waals surface area contributed by atoms with Crippen LogP contribution in [0.15, 0.2) is 18.2 Å². The summed E-state index contributed by atoms with van der Waals surface area (Å²) >= 11 is 7.86. The molecule has 0 radical (unpaired) electrons. The van der Waals surface area contributed by atoms with Crippen molar-refractivity contribution in [2.24, 2.45) is 11.8 Å². The molecule has 1 saturated carbocycles. The summed E-state index contributed by atoms with van der Waals surface area (Å²) in [5.41, 5.74) is 6.96. The van der Waals surface area contributed by atoms with Gasteiger partial charge in [-0.25, -0.2) is 9.97 Å². The van der Waals surface area contributed by atoms with Gasteiger partial charge in [0.2, 0.25) is 5.95 Å². The Morgan fingerprint density at radius 1 is 1.36 bits per heavy atom. The van der Waals surface area contributed by atoms with Gasteiger partial charge in [0, 0.05) is 12.1 Å². The van der Waals surface area contributed by atoms with Crippen molar-refractivity contribution in [1.29, 1.82) is 0 Å². The largest absolute Gasteiger partial charge is 0.508 e. The number of benzene rings is 1. The van der Waals surface area contributed by atoms with Gasteiger partial charge in [0.05, 0.1) is 15.8 Å². The molecule has 0 spiro atoms. The number of aliphatic hydroxyl groups is 1. The molecule has 28 heavy (non-hydrogen) atoms. The maximum Gasteiger partial charge on any atom is 0.223 e. The number of nitrogen functional groups attached to an aromatic ring is 1. The summed E-state index contributed by atoms with van der Waals surface area (Å²) in [5.74, 6) is 1.29. The Bertz CT molecular complexity index is 1040. The minimum Gasteiger partial charge on any atom is -0.508 e. The quantitative estimate of drug-likeness (QED) is 0.473. The zero-order valence-corrected chi connectivity index (χ0v) is 17.2. The lowest BCUT2D eigenvalue weighted by Gasteiger charge is -2.33. The number of aliphatic hydroxyl groups excluding tert-OH is 1. The molecule has 2 aromatic heterocycles. The van der Waals surface area contributed by atoms with Gasteiger partial charge in [0.25, 0.3) is 0 Å². The number of nitrogens with two attached hydrogens (primary N) is 1. The second kappa shape index (κ2) is 7.02. The number of hydrogen-bond acceptors (Lipinski definition) is 8. The minimum atomic E-state index is -0.263. The monoisotopic (exact) mass is 419 g/mol. The molecule has 3 atom stereocenters. The minimum absolute atomic E-state index is 0.0861. The van der Waals surface area contributed by atoms with Crippen LogP contribution in [-0.4, -0.2) is 37.3 Å².